The molecule has 0 radical (unpaired) electrons. The summed E-state index contributed by atoms with van der Waals surface area (Å²) in [5.41, 5.74) is 6.66. The Morgan fingerprint density at radius 1 is 1.46 bits per heavy atom. The Bertz CT molecular complexity index is 352. The van der Waals surface area contributed by atoms with Crippen molar-refractivity contribution in [1.82, 2.24) is 0 Å². The van der Waals surface area contributed by atoms with Crippen molar-refractivity contribution in [2.45, 2.75) is 0 Å². The van der Waals surface area contributed by atoms with E-state index >= 15 is 0 Å². The fourth-order valence-electron chi connectivity index (χ4n) is 0.854. The summed E-state index contributed by atoms with van der Waals surface area (Å²) in [6.45, 7) is 0. The van der Waals surface area contributed by atoms with Crippen LogP contribution in [0.15, 0.2) is 12.1 Å². The van der Waals surface area contributed by atoms with Crippen LogP contribution in [0.2, 0.25) is 0 Å². The Hall–Kier alpha value is -0.0500. The number of anilines is 1. The highest BCUT2D eigenvalue weighted by molar-refractivity contribution is 14.1. The van der Waals surface area contributed by atoms with Crippen LogP contribution in [0.5, 0.6) is 0 Å². The molecule has 1 rings (SSSR count). The molecule has 0 aliphatic rings. The number of methoxy groups -OCH3 is 1. The van der Waals surface area contributed by atoms with E-state index in [1.54, 1.807) is 6.07 Å². The van der Waals surface area contributed by atoms with E-state index in [2.05, 4.69) is 49.9 Å². The second-order valence-electron chi connectivity index (χ2n) is 2.31. The first kappa shape index (κ1) is 11.0. The third-order valence-corrected chi connectivity index (χ3v) is 4.63. The number of hydrogen-bond acceptors (Lipinski definition) is 3. The molecule has 0 unspecified atom stereocenters. The van der Waals surface area contributed by atoms with E-state index < -0.39 is 5.97 Å². The van der Waals surface area contributed by atoms with Gasteiger partial charge in [-0.05, 0) is 57.3 Å². The van der Waals surface area contributed by atoms with Gasteiger partial charge in [-0.15, -0.1) is 0 Å². The fraction of sp³-hybridized carbons (Fsp3) is 0.125. The highest BCUT2D eigenvalue weighted by Gasteiger charge is 2.13. The summed E-state index contributed by atoms with van der Waals surface area (Å²) in [5.74, 6) is -0.396. The van der Waals surface area contributed by atoms with Gasteiger partial charge in [0.05, 0.1) is 21.9 Å². The quantitative estimate of drug-likeness (QED) is 0.445. The smallest absolute Gasteiger partial charge is 0.339 e. The molecule has 0 amide bonds. The molecule has 0 aliphatic carbocycles. The lowest BCUT2D eigenvalue weighted by atomic mass is 10.2. The Morgan fingerprint density at radius 2 is 2.08 bits per heavy atom. The number of rotatable bonds is 1. The number of carbonyl (C=O) groups is 1. The third kappa shape index (κ3) is 2.25. The maximum Gasteiger partial charge on any atom is 0.339 e. The molecule has 0 heterocycles. The van der Waals surface area contributed by atoms with E-state index in [1.165, 1.54) is 7.11 Å². The first-order valence-electron chi connectivity index (χ1n) is 3.39. The Labute approximate surface area is 103 Å². The van der Waals surface area contributed by atoms with Crippen molar-refractivity contribution < 1.29 is 9.53 Å². The molecule has 0 saturated heterocycles. The van der Waals surface area contributed by atoms with Gasteiger partial charge in [0.15, 0.2) is 0 Å². The summed E-state index contributed by atoms with van der Waals surface area (Å²) in [6, 6.07) is 3.51. The van der Waals surface area contributed by atoms with Crippen LogP contribution in [0.3, 0.4) is 0 Å². The molecule has 3 nitrogen and oxygen atoms in total. The molecule has 2 N–H and O–H groups in total. The Balaban J connectivity index is 3.26. The van der Waals surface area contributed by atoms with Crippen LogP contribution in [-0.4, -0.2) is 13.1 Å². The molecule has 70 valence electrons. The molecule has 0 aliphatic heterocycles. The molecule has 13 heavy (non-hydrogen) atoms. The van der Waals surface area contributed by atoms with Gasteiger partial charge >= 0.3 is 5.97 Å². The zero-order valence-electron chi connectivity index (χ0n) is 6.80. The monoisotopic (exact) mass is 403 g/mol. The summed E-state index contributed by atoms with van der Waals surface area (Å²) in [6.07, 6.45) is 0. The lowest BCUT2D eigenvalue weighted by Crippen LogP contribution is -2.07. The topological polar surface area (TPSA) is 52.3 Å². The largest absolute Gasteiger partial charge is 0.465 e. The number of nitrogen functional groups attached to an aromatic ring is 1. The first-order chi connectivity index (χ1) is 6.07. The SMILES string of the molecule is COC(=O)c1ccc(I)c(I)c1N. The average Bonchev–Trinajstić information content (AvgIpc) is 2.13. The van der Waals surface area contributed by atoms with Crippen LogP contribution >= 0.6 is 45.2 Å². The lowest BCUT2D eigenvalue weighted by molar-refractivity contribution is 0.0602. The highest BCUT2D eigenvalue weighted by Crippen LogP contribution is 2.25. The molecule has 0 fully saturated rings. The van der Waals surface area contributed by atoms with Gasteiger partial charge in [-0.3, -0.25) is 0 Å². The predicted octanol–water partition coefficient (Wildman–Crippen LogP) is 2.26. The molecule has 0 bridgehead atoms. The second kappa shape index (κ2) is 4.45. The molecule has 1 aromatic rings. The number of hydrogen-bond donors (Lipinski definition) is 1. The van der Waals surface area contributed by atoms with E-state index in [-0.39, 0.29) is 0 Å². The number of benzene rings is 1. The summed E-state index contributed by atoms with van der Waals surface area (Å²) < 4.78 is 6.51. The maximum atomic E-state index is 11.2. The van der Waals surface area contributed by atoms with Gasteiger partial charge in [0.25, 0.3) is 0 Å². The van der Waals surface area contributed by atoms with E-state index in [4.69, 9.17) is 5.73 Å². The molecule has 0 aromatic heterocycles. The fourth-order valence-corrected chi connectivity index (χ4v) is 1.79. The molecule has 1 aromatic carbocycles. The molecule has 0 saturated carbocycles. The van der Waals surface area contributed by atoms with Gasteiger partial charge in [0, 0.05) is 3.57 Å². The van der Waals surface area contributed by atoms with Crippen LogP contribution < -0.4 is 5.73 Å². The minimum Gasteiger partial charge on any atom is -0.465 e. The number of nitrogens with two attached hydrogens (primary N) is 1. The predicted molar refractivity (Wildman–Crippen MR) is 67.6 cm³/mol. The van der Waals surface area contributed by atoms with Crippen LogP contribution in [0.25, 0.3) is 0 Å². The van der Waals surface area contributed by atoms with Crippen molar-refractivity contribution in [2.75, 3.05) is 12.8 Å². The third-order valence-electron chi connectivity index (χ3n) is 1.54. The van der Waals surface area contributed by atoms with Crippen molar-refractivity contribution in [3.63, 3.8) is 0 Å². The van der Waals surface area contributed by atoms with Gasteiger partial charge in [0.1, 0.15) is 0 Å². The van der Waals surface area contributed by atoms with E-state index in [1.807, 2.05) is 6.07 Å². The van der Waals surface area contributed by atoms with Crippen molar-refractivity contribution >= 4 is 56.8 Å². The van der Waals surface area contributed by atoms with Crippen LogP contribution in [0, 0.1) is 7.14 Å². The van der Waals surface area contributed by atoms with Gasteiger partial charge in [-0.2, -0.15) is 0 Å². The standard InChI is InChI=1S/C8H7I2NO2/c1-13-8(12)4-2-3-5(9)6(10)7(4)11/h2-3H,11H2,1H3. The highest BCUT2D eigenvalue weighted by atomic mass is 127. The zero-order valence-corrected chi connectivity index (χ0v) is 11.1. The minimum absolute atomic E-state index is 0.396. The first-order valence-corrected chi connectivity index (χ1v) is 5.55. The second-order valence-corrected chi connectivity index (χ2v) is 4.56. The zero-order chi connectivity index (χ0) is 10.0. The van der Waals surface area contributed by atoms with Gasteiger partial charge in [0.2, 0.25) is 0 Å². The van der Waals surface area contributed by atoms with E-state index in [9.17, 15) is 4.79 Å². The summed E-state index contributed by atoms with van der Waals surface area (Å²) in [4.78, 5) is 11.2. The Morgan fingerprint density at radius 3 is 2.62 bits per heavy atom. The maximum absolute atomic E-state index is 11.2. The lowest BCUT2D eigenvalue weighted by Gasteiger charge is -2.06. The van der Waals surface area contributed by atoms with Crippen LogP contribution in [-0.2, 0) is 4.74 Å². The number of carbonyl (C=O) groups excluding carboxylic acids is 1. The number of ether oxygens (including phenoxy) is 1. The van der Waals surface area contributed by atoms with Gasteiger partial charge < -0.3 is 10.5 Å². The van der Waals surface area contributed by atoms with Crippen molar-refractivity contribution in [3.8, 4) is 0 Å². The van der Waals surface area contributed by atoms with Crippen molar-refractivity contribution in [2.24, 2.45) is 0 Å². The summed E-state index contributed by atoms with van der Waals surface area (Å²) in [7, 11) is 1.34. The van der Waals surface area contributed by atoms with Gasteiger partial charge in [-0.1, -0.05) is 0 Å². The molecular formula is C8H7I2NO2. The van der Waals surface area contributed by atoms with Gasteiger partial charge in [-0.25, -0.2) is 4.79 Å². The molecule has 0 spiro atoms. The molecule has 5 heteroatoms. The van der Waals surface area contributed by atoms with Crippen LogP contribution in [0.4, 0.5) is 5.69 Å². The summed E-state index contributed by atoms with van der Waals surface area (Å²) >= 11 is 4.27. The van der Waals surface area contributed by atoms with Crippen molar-refractivity contribution in [1.29, 1.82) is 0 Å². The van der Waals surface area contributed by atoms with Crippen molar-refractivity contribution in [3.05, 3.63) is 24.8 Å². The van der Waals surface area contributed by atoms with E-state index in [0.29, 0.717) is 11.3 Å². The Kier molecular flexibility index (Phi) is 3.77. The average molecular weight is 403 g/mol. The van der Waals surface area contributed by atoms with Crippen LogP contribution in [0.1, 0.15) is 10.4 Å². The molecular weight excluding hydrogens is 396 g/mol. The van der Waals surface area contributed by atoms with E-state index in [0.717, 1.165) is 7.14 Å². The molecule has 0 atom stereocenters. The minimum atomic E-state index is -0.396. The number of esters is 1. The number of halogens is 2. The normalized spacial score (nSPS) is 9.77. The summed E-state index contributed by atoms with van der Waals surface area (Å²) in [5, 5.41) is 0.